The Labute approximate surface area is 94.3 Å². The topological polar surface area (TPSA) is 47.6 Å². The first-order valence-corrected chi connectivity index (χ1v) is 5.91. The van der Waals surface area contributed by atoms with Crippen LogP contribution in [0.2, 0.25) is 0 Å². The maximum Gasteiger partial charge on any atom is 0.235 e. The average molecular weight is 234 g/mol. The van der Waals surface area contributed by atoms with Crippen molar-refractivity contribution in [2.45, 2.75) is 37.5 Å². The second-order valence-corrected chi connectivity index (χ2v) is 4.30. The maximum absolute atomic E-state index is 11.1. The van der Waals surface area contributed by atoms with Crippen molar-refractivity contribution in [3.8, 4) is 0 Å². The molecule has 4 nitrogen and oxygen atoms in total. The molecule has 3 unspecified atom stereocenters. The zero-order valence-corrected chi connectivity index (χ0v) is 9.33. The minimum atomic E-state index is -0.100. The van der Waals surface area contributed by atoms with Crippen LogP contribution in [0.4, 0.5) is 0 Å². The molecule has 1 amide bonds. The van der Waals surface area contributed by atoms with Crippen LogP contribution in [0.15, 0.2) is 0 Å². The Hall–Kier alpha value is -0.320. The largest absolute Gasteiger partial charge is 0.373 e. The second-order valence-electron chi connectivity index (χ2n) is 4.03. The number of nitrogens with one attached hydrogen (secondary N) is 1. The van der Waals surface area contributed by atoms with Crippen molar-refractivity contribution >= 4 is 17.5 Å². The van der Waals surface area contributed by atoms with Crippen LogP contribution in [0.1, 0.15) is 19.3 Å². The Morgan fingerprint density at radius 3 is 2.73 bits per heavy atom. The number of carbonyl (C=O) groups excluding carboxylic acids is 1. The quantitative estimate of drug-likeness (QED) is 0.714. The first kappa shape index (κ1) is 11.2. The van der Waals surface area contributed by atoms with Gasteiger partial charge >= 0.3 is 0 Å². The van der Waals surface area contributed by atoms with E-state index in [-0.39, 0.29) is 30.0 Å². The molecular weight excluding hydrogens is 218 g/mol. The van der Waals surface area contributed by atoms with Crippen LogP contribution >= 0.6 is 11.6 Å². The van der Waals surface area contributed by atoms with E-state index in [1.54, 1.807) is 0 Å². The van der Waals surface area contributed by atoms with Gasteiger partial charge in [-0.3, -0.25) is 4.79 Å². The van der Waals surface area contributed by atoms with Gasteiger partial charge < -0.3 is 14.8 Å². The van der Waals surface area contributed by atoms with Crippen LogP contribution < -0.4 is 5.32 Å². The molecule has 0 aromatic rings. The summed E-state index contributed by atoms with van der Waals surface area (Å²) in [5.41, 5.74) is 0. The SMILES string of the molecule is O=C(CCl)NC1CCC2OCCOC2C1. The monoisotopic (exact) mass is 233 g/mol. The smallest absolute Gasteiger partial charge is 0.235 e. The summed E-state index contributed by atoms with van der Waals surface area (Å²) < 4.78 is 11.2. The summed E-state index contributed by atoms with van der Waals surface area (Å²) in [6, 6.07) is 0.194. The minimum absolute atomic E-state index is 0.0297. The van der Waals surface area contributed by atoms with Crippen LogP contribution in [0.25, 0.3) is 0 Å². The Morgan fingerprint density at radius 2 is 2.00 bits per heavy atom. The average Bonchev–Trinajstić information content (AvgIpc) is 2.29. The highest BCUT2D eigenvalue weighted by Crippen LogP contribution is 2.26. The zero-order chi connectivity index (χ0) is 10.7. The van der Waals surface area contributed by atoms with Crippen LogP contribution in [-0.4, -0.2) is 43.3 Å². The fourth-order valence-electron chi connectivity index (χ4n) is 2.26. The number of rotatable bonds is 2. The van der Waals surface area contributed by atoms with Crippen molar-refractivity contribution in [1.29, 1.82) is 0 Å². The maximum atomic E-state index is 11.1. The standard InChI is InChI=1S/C10H16ClNO3/c11-6-10(13)12-7-1-2-8-9(5-7)15-4-3-14-8/h7-9H,1-6H2,(H,12,13). The Bertz CT molecular complexity index is 237. The summed E-state index contributed by atoms with van der Waals surface area (Å²) >= 11 is 5.44. The first-order valence-electron chi connectivity index (χ1n) is 5.38. The van der Waals surface area contributed by atoms with Crippen LogP contribution in [0.5, 0.6) is 0 Å². The fourth-order valence-corrected chi connectivity index (χ4v) is 2.34. The van der Waals surface area contributed by atoms with Crippen molar-refractivity contribution in [3.63, 3.8) is 0 Å². The molecule has 86 valence electrons. The number of hydrogen-bond acceptors (Lipinski definition) is 3. The number of alkyl halides is 1. The minimum Gasteiger partial charge on any atom is -0.373 e. The molecule has 0 aromatic carbocycles. The van der Waals surface area contributed by atoms with Crippen LogP contribution in [0.3, 0.4) is 0 Å². The predicted octanol–water partition coefficient (Wildman–Crippen LogP) is 0.678. The molecule has 0 aromatic heterocycles. The van der Waals surface area contributed by atoms with Gasteiger partial charge in [-0.25, -0.2) is 0 Å². The van der Waals surface area contributed by atoms with E-state index >= 15 is 0 Å². The molecule has 2 fully saturated rings. The zero-order valence-electron chi connectivity index (χ0n) is 8.58. The highest BCUT2D eigenvalue weighted by atomic mass is 35.5. The van der Waals surface area contributed by atoms with Gasteiger partial charge in [-0.15, -0.1) is 11.6 Å². The number of hydrogen-bond donors (Lipinski definition) is 1. The molecule has 1 heterocycles. The van der Waals surface area contributed by atoms with Gasteiger partial charge in [0.25, 0.3) is 0 Å². The molecule has 1 saturated carbocycles. The van der Waals surface area contributed by atoms with E-state index in [0.29, 0.717) is 13.2 Å². The highest BCUT2D eigenvalue weighted by molar-refractivity contribution is 6.27. The van der Waals surface area contributed by atoms with Gasteiger partial charge in [-0.05, 0) is 19.3 Å². The van der Waals surface area contributed by atoms with E-state index in [1.807, 2.05) is 0 Å². The lowest BCUT2D eigenvalue weighted by atomic mass is 9.89. The van der Waals surface area contributed by atoms with E-state index in [2.05, 4.69) is 5.32 Å². The molecule has 2 aliphatic rings. The summed E-state index contributed by atoms with van der Waals surface area (Å²) in [5.74, 6) is -0.0704. The van der Waals surface area contributed by atoms with E-state index < -0.39 is 0 Å². The Morgan fingerprint density at radius 1 is 1.27 bits per heavy atom. The Kier molecular flexibility index (Phi) is 3.83. The summed E-state index contributed by atoms with van der Waals surface area (Å²) in [6.45, 7) is 1.36. The van der Waals surface area contributed by atoms with Crippen LogP contribution in [-0.2, 0) is 14.3 Å². The summed E-state index contributed by atoms with van der Waals surface area (Å²) in [6.07, 6.45) is 3.12. The fraction of sp³-hybridized carbons (Fsp3) is 0.900. The molecule has 0 bridgehead atoms. The van der Waals surface area contributed by atoms with Gasteiger partial charge in [0.15, 0.2) is 0 Å². The third kappa shape index (κ3) is 2.83. The van der Waals surface area contributed by atoms with Gasteiger partial charge in [0.1, 0.15) is 5.88 Å². The van der Waals surface area contributed by atoms with Crippen LogP contribution in [0, 0.1) is 0 Å². The lowest BCUT2D eigenvalue weighted by Crippen LogP contribution is -2.49. The molecule has 15 heavy (non-hydrogen) atoms. The molecule has 1 N–H and O–H groups in total. The molecule has 3 atom stereocenters. The van der Waals surface area contributed by atoms with Gasteiger partial charge in [0.2, 0.25) is 5.91 Å². The third-order valence-corrected chi connectivity index (χ3v) is 3.21. The van der Waals surface area contributed by atoms with Gasteiger partial charge in [0.05, 0.1) is 25.4 Å². The normalized spacial score (nSPS) is 35.7. The van der Waals surface area contributed by atoms with E-state index in [4.69, 9.17) is 21.1 Å². The number of halogens is 1. The third-order valence-electron chi connectivity index (χ3n) is 2.96. The molecule has 1 aliphatic carbocycles. The summed E-state index contributed by atoms with van der Waals surface area (Å²) in [4.78, 5) is 11.1. The van der Waals surface area contributed by atoms with Crippen molar-refractivity contribution in [1.82, 2.24) is 5.32 Å². The van der Waals surface area contributed by atoms with E-state index in [9.17, 15) is 4.79 Å². The number of fused-ring (bicyclic) bond motifs is 1. The number of carbonyl (C=O) groups is 1. The first-order chi connectivity index (χ1) is 7.29. The van der Waals surface area contributed by atoms with E-state index in [1.165, 1.54) is 0 Å². The van der Waals surface area contributed by atoms with Crippen molar-refractivity contribution in [3.05, 3.63) is 0 Å². The summed E-state index contributed by atoms with van der Waals surface area (Å²) in [5, 5.41) is 2.90. The van der Waals surface area contributed by atoms with E-state index in [0.717, 1.165) is 19.3 Å². The molecule has 1 aliphatic heterocycles. The van der Waals surface area contributed by atoms with Crippen molar-refractivity contribution < 1.29 is 14.3 Å². The highest BCUT2D eigenvalue weighted by Gasteiger charge is 2.34. The molecular formula is C10H16ClNO3. The molecule has 0 radical (unpaired) electrons. The van der Waals surface area contributed by atoms with Gasteiger partial charge in [0, 0.05) is 6.04 Å². The number of amides is 1. The van der Waals surface area contributed by atoms with Gasteiger partial charge in [-0.2, -0.15) is 0 Å². The van der Waals surface area contributed by atoms with Gasteiger partial charge in [-0.1, -0.05) is 0 Å². The summed E-state index contributed by atoms with van der Waals surface area (Å²) in [7, 11) is 0. The molecule has 0 spiro atoms. The molecule has 2 rings (SSSR count). The lowest BCUT2D eigenvalue weighted by molar-refractivity contribution is -0.158. The second kappa shape index (κ2) is 5.14. The predicted molar refractivity (Wildman–Crippen MR) is 56.0 cm³/mol. The van der Waals surface area contributed by atoms with Crippen molar-refractivity contribution in [2.24, 2.45) is 0 Å². The molecule has 1 saturated heterocycles. The Balaban J connectivity index is 1.83. The number of ether oxygens (including phenoxy) is 2. The van der Waals surface area contributed by atoms with Crippen molar-refractivity contribution in [2.75, 3.05) is 19.1 Å². The molecule has 5 heteroatoms. The lowest BCUT2D eigenvalue weighted by Gasteiger charge is -2.38.